The number of halogens is 1. The minimum Gasteiger partial charge on any atom is -0.490 e. The van der Waals surface area contributed by atoms with E-state index in [0.29, 0.717) is 17.4 Å². The van der Waals surface area contributed by atoms with Gasteiger partial charge in [-0.2, -0.15) is 0 Å². The van der Waals surface area contributed by atoms with Gasteiger partial charge in [0.2, 0.25) is 5.91 Å². The van der Waals surface area contributed by atoms with Crippen LogP contribution in [-0.2, 0) is 4.79 Å². The SMILES string of the molecule is CN1C(=O)C(C)(C)COc2ccc(Cl)cc21. The molecule has 1 aromatic rings. The zero-order valence-electron chi connectivity index (χ0n) is 9.58. The summed E-state index contributed by atoms with van der Waals surface area (Å²) in [6.45, 7) is 4.13. The lowest BCUT2D eigenvalue weighted by Gasteiger charge is -2.24. The molecule has 0 saturated heterocycles. The van der Waals surface area contributed by atoms with Gasteiger partial charge >= 0.3 is 0 Å². The normalized spacial score (nSPS) is 18.8. The number of anilines is 1. The Bertz CT molecular complexity index is 443. The maximum Gasteiger partial charge on any atom is 0.235 e. The van der Waals surface area contributed by atoms with Crippen molar-refractivity contribution >= 4 is 23.2 Å². The third kappa shape index (κ3) is 1.76. The van der Waals surface area contributed by atoms with E-state index in [9.17, 15) is 4.79 Å². The molecule has 0 atom stereocenters. The van der Waals surface area contributed by atoms with Gasteiger partial charge in [-0.3, -0.25) is 4.79 Å². The molecule has 0 spiro atoms. The molecule has 0 fully saturated rings. The molecule has 0 saturated carbocycles. The number of fused-ring (bicyclic) bond motifs is 1. The third-order valence-electron chi connectivity index (χ3n) is 2.75. The summed E-state index contributed by atoms with van der Waals surface area (Å²) < 4.78 is 5.64. The number of amides is 1. The van der Waals surface area contributed by atoms with Crippen LogP contribution in [0.15, 0.2) is 18.2 Å². The molecule has 86 valence electrons. The quantitative estimate of drug-likeness (QED) is 0.697. The van der Waals surface area contributed by atoms with E-state index < -0.39 is 5.41 Å². The highest BCUT2D eigenvalue weighted by atomic mass is 35.5. The Morgan fingerprint density at radius 1 is 1.44 bits per heavy atom. The maximum absolute atomic E-state index is 12.1. The number of carbonyl (C=O) groups is 1. The van der Waals surface area contributed by atoms with E-state index in [4.69, 9.17) is 16.3 Å². The smallest absolute Gasteiger partial charge is 0.235 e. The Balaban J connectivity index is 2.51. The fraction of sp³-hybridized carbons (Fsp3) is 0.417. The van der Waals surface area contributed by atoms with Crippen LogP contribution in [0.1, 0.15) is 13.8 Å². The predicted octanol–water partition coefficient (Wildman–Crippen LogP) is 2.72. The fourth-order valence-corrected chi connectivity index (χ4v) is 1.92. The van der Waals surface area contributed by atoms with E-state index in [1.807, 2.05) is 13.8 Å². The Kier molecular flexibility index (Phi) is 2.58. The van der Waals surface area contributed by atoms with E-state index in [2.05, 4.69) is 0 Å². The fourth-order valence-electron chi connectivity index (χ4n) is 1.76. The number of carbonyl (C=O) groups excluding carboxylic acids is 1. The number of benzene rings is 1. The Morgan fingerprint density at radius 2 is 2.12 bits per heavy atom. The summed E-state index contributed by atoms with van der Waals surface area (Å²) in [5.41, 5.74) is 0.211. The van der Waals surface area contributed by atoms with Gasteiger partial charge in [0, 0.05) is 12.1 Å². The van der Waals surface area contributed by atoms with Crippen LogP contribution in [0, 0.1) is 5.41 Å². The topological polar surface area (TPSA) is 29.5 Å². The molecule has 0 radical (unpaired) electrons. The van der Waals surface area contributed by atoms with Crippen LogP contribution in [-0.4, -0.2) is 19.6 Å². The highest BCUT2D eigenvalue weighted by molar-refractivity contribution is 6.31. The first-order valence-corrected chi connectivity index (χ1v) is 5.50. The Labute approximate surface area is 100.0 Å². The second-order valence-corrected chi connectivity index (χ2v) is 5.09. The van der Waals surface area contributed by atoms with Crippen LogP contribution in [0.3, 0.4) is 0 Å². The summed E-state index contributed by atoms with van der Waals surface area (Å²) in [4.78, 5) is 13.7. The number of hydrogen-bond acceptors (Lipinski definition) is 2. The van der Waals surface area contributed by atoms with Crippen molar-refractivity contribution in [2.75, 3.05) is 18.6 Å². The highest BCUT2D eigenvalue weighted by Crippen LogP contribution is 2.36. The van der Waals surface area contributed by atoms with Gasteiger partial charge in [0.05, 0.1) is 11.1 Å². The number of ether oxygens (including phenoxy) is 1. The van der Waals surface area contributed by atoms with Crippen molar-refractivity contribution < 1.29 is 9.53 Å². The number of nitrogens with zero attached hydrogens (tertiary/aromatic N) is 1. The van der Waals surface area contributed by atoms with Crippen molar-refractivity contribution in [3.05, 3.63) is 23.2 Å². The average molecular weight is 240 g/mol. The predicted molar refractivity (Wildman–Crippen MR) is 64.1 cm³/mol. The molecule has 3 nitrogen and oxygen atoms in total. The van der Waals surface area contributed by atoms with Crippen LogP contribution in [0.25, 0.3) is 0 Å². The third-order valence-corrected chi connectivity index (χ3v) is 2.99. The Morgan fingerprint density at radius 3 is 2.81 bits per heavy atom. The standard InChI is InChI=1S/C12H14ClNO2/c1-12(2)7-16-10-5-4-8(13)6-9(10)14(3)11(12)15/h4-6H,7H2,1-3H3. The molecule has 1 aromatic carbocycles. The van der Waals surface area contributed by atoms with Gasteiger partial charge in [-0.25, -0.2) is 0 Å². The minimum absolute atomic E-state index is 0.0357. The maximum atomic E-state index is 12.1. The first-order chi connectivity index (χ1) is 7.42. The lowest BCUT2D eigenvalue weighted by molar-refractivity contribution is -0.127. The van der Waals surface area contributed by atoms with Crippen molar-refractivity contribution in [3.63, 3.8) is 0 Å². The molecule has 16 heavy (non-hydrogen) atoms. The van der Waals surface area contributed by atoms with Crippen LogP contribution in [0.5, 0.6) is 5.75 Å². The van der Waals surface area contributed by atoms with E-state index in [-0.39, 0.29) is 5.91 Å². The van der Waals surface area contributed by atoms with Gasteiger partial charge in [-0.05, 0) is 32.0 Å². The van der Waals surface area contributed by atoms with Crippen molar-refractivity contribution in [1.82, 2.24) is 0 Å². The van der Waals surface area contributed by atoms with Crippen LogP contribution in [0.4, 0.5) is 5.69 Å². The summed E-state index contributed by atoms with van der Waals surface area (Å²) in [7, 11) is 1.74. The van der Waals surface area contributed by atoms with E-state index >= 15 is 0 Å². The first-order valence-electron chi connectivity index (χ1n) is 5.12. The van der Waals surface area contributed by atoms with E-state index in [1.165, 1.54) is 0 Å². The summed E-state index contributed by atoms with van der Waals surface area (Å²) >= 11 is 5.92. The zero-order chi connectivity index (χ0) is 11.9. The first kappa shape index (κ1) is 11.3. The molecule has 0 aliphatic carbocycles. The molecule has 2 rings (SSSR count). The van der Waals surface area contributed by atoms with Gasteiger partial charge in [0.15, 0.2) is 0 Å². The van der Waals surface area contributed by atoms with Gasteiger partial charge < -0.3 is 9.64 Å². The molecule has 1 amide bonds. The number of rotatable bonds is 0. The second-order valence-electron chi connectivity index (χ2n) is 4.65. The molecule has 1 aliphatic heterocycles. The Hall–Kier alpha value is -1.22. The molecule has 1 heterocycles. The second kappa shape index (κ2) is 3.67. The summed E-state index contributed by atoms with van der Waals surface area (Å²) in [6, 6.07) is 5.30. The van der Waals surface area contributed by atoms with Crippen molar-refractivity contribution in [1.29, 1.82) is 0 Å². The molecular weight excluding hydrogens is 226 g/mol. The zero-order valence-corrected chi connectivity index (χ0v) is 10.3. The van der Waals surface area contributed by atoms with Gasteiger partial charge in [0.25, 0.3) is 0 Å². The lowest BCUT2D eigenvalue weighted by atomic mass is 9.93. The van der Waals surface area contributed by atoms with E-state index in [0.717, 1.165) is 5.69 Å². The molecule has 4 heteroatoms. The van der Waals surface area contributed by atoms with Gasteiger partial charge in [-0.1, -0.05) is 11.6 Å². The monoisotopic (exact) mass is 239 g/mol. The van der Waals surface area contributed by atoms with Crippen LogP contribution in [0.2, 0.25) is 5.02 Å². The van der Waals surface area contributed by atoms with Crippen LogP contribution < -0.4 is 9.64 Å². The van der Waals surface area contributed by atoms with Gasteiger partial charge in [-0.15, -0.1) is 0 Å². The van der Waals surface area contributed by atoms with E-state index in [1.54, 1.807) is 30.1 Å². The summed E-state index contributed by atoms with van der Waals surface area (Å²) in [5.74, 6) is 0.736. The van der Waals surface area contributed by atoms with Crippen molar-refractivity contribution in [3.8, 4) is 5.75 Å². The van der Waals surface area contributed by atoms with Crippen molar-refractivity contribution in [2.24, 2.45) is 5.41 Å². The molecule has 1 aliphatic rings. The average Bonchev–Trinajstić information content (AvgIpc) is 2.31. The minimum atomic E-state index is -0.514. The summed E-state index contributed by atoms with van der Waals surface area (Å²) in [6.07, 6.45) is 0. The number of hydrogen-bond donors (Lipinski definition) is 0. The highest BCUT2D eigenvalue weighted by Gasteiger charge is 2.35. The molecule has 0 bridgehead atoms. The van der Waals surface area contributed by atoms with Crippen LogP contribution >= 0.6 is 11.6 Å². The van der Waals surface area contributed by atoms with Gasteiger partial charge in [0.1, 0.15) is 12.4 Å². The lowest BCUT2D eigenvalue weighted by Crippen LogP contribution is -2.39. The molecular formula is C12H14ClNO2. The summed E-state index contributed by atoms with van der Waals surface area (Å²) in [5, 5.41) is 0.599. The molecule has 0 unspecified atom stereocenters. The van der Waals surface area contributed by atoms with Crippen molar-refractivity contribution in [2.45, 2.75) is 13.8 Å². The largest absolute Gasteiger partial charge is 0.490 e. The molecule has 0 N–H and O–H groups in total. The molecule has 0 aromatic heterocycles.